The highest BCUT2D eigenvalue weighted by molar-refractivity contribution is 5.71. The van der Waals surface area contributed by atoms with Gasteiger partial charge < -0.3 is 34.0 Å². The summed E-state index contributed by atoms with van der Waals surface area (Å²) in [5, 5.41) is 0. The Balaban J connectivity index is 2.19. The number of hydrogen-bond donors (Lipinski definition) is 0. The predicted molar refractivity (Wildman–Crippen MR) is 68.7 cm³/mol. The normalized spacial score (nSPS) is 22.1. The first-order chi connectivity index (χ1) is 9.93. The lowest BCUT2D eigenvalue weighted by atomic mass is 10.6. The Bertz CT molecular complexity index is 263. The summed E-state index contributed by atoms with van der Waals surface area (Å²) < 4.78 is 31.6. The highest BCUT2D eigenvalue weighted by Crippen LogP contribution is 1.87. The van der Waals surface area contributed by atoms with E-state index in [-0.39, 0.29) is 12.5 Å². The van der Waals surface area contributed by atoms with Gasteiger partial charge in [0.1, 0.15) is 6.61 Å². The molecule has 0 aliphatic carbocycles. The summed E-state index contributed by atoms with van der Waals surface area (Å²) in [5.41, 5.74) is 8.72. The average Bonchev–Trinajstić information content (AvgIpc) is 2.47. The highest BCUT2D eigenvalue weighted by Gasteiger charge is 2.09. The lowest BCUT2D eigenvalue weighted by Gasteiger charge is -2.08. The predicted octanol–water partition coefficient (Wildman–Crippen LogP) is -0.272. The van der Waals surface area contributed by atoms with E-state index in [4.69, 9.17) is 34.0 Å². The van der Waals surface area contributed by atoms with Crippen molar-refractivity contribution in [1.82, 2.24) is 0 Å². The van der Waals surface area contributed by atoms with Gasteiger partial charge in [-0.15, -0.1) is 4.79 Å². The lowest BCUT2D eigenvalue weighted by molar-refractivity contribution is -0.0651. The van der Waals surface area contributed by atoms with Gasteiger partial charge in [-0.25, -0.2) is 0 Å². The maximum absolute atomic E-state index is 8.72. The topological polar surface area (TPSA) is 91.8 Å². The second-order valence-corrected chi connectivity index (χ2v) is 3.84. The maximum atomic E-state index is 8.72. The van der Waals surface area contributed by atoms with Crippen LogP contribution >= 0.6 is 0 Å². The van der Waals surface area contributed by atoms with Crippen molar-refractivity contribution in [3.05, 3.63) is 5.53 Å². The second kappa shape index (κ2) is 13.0. The molecule has 0 atom stereocenters. The molecule has 0 aromatic heterocycles. The number of rotatable bonds is 0. The third-order valence-corrected chi connectivity index (χ3v) is 2.32. The first kappa shape index (κ1) is 17.0. The summed E-state index contributed by atoms with van der Waals surface area (Å²) in [5.74, 6) is 0.120. The average molecular weight is 290 g/mol. The molecule has 0 radical (unpaired) electrons. The summed E-state index contributed by atoms with van der Waals surface area (Å²) >= 11 is 0. The van der Waals surface area contributed by atoms with Crippen molar-refractivity contribution < 1.29 is 33.2 Å². The Morgan fingerprint density at radius 2 is 1.00 bits per heavy atom. The van der Waals surface area contributed by atoms with Crippen molar-refractivity contribution in [3.8, 4) is 0 Å². The molecular formula is C12H22N2O6. The Hall–Kier alpha value is -1.02. The van der Waals surface area contributed by atoms with Crippen molar-refractivity contribution in [2.75, 3.05) is 72.7 Å². The molecule has 20 heavy (non-hydrogen) atoms. The van der Waals surface area contributed by atoms with Crippen LogP contribution in [0.15, 0.2) is 0 Å². The summed E-state index contributed by atoms with van der Waals surface area (Å²) in [4.78, 5) is 3.01. The van der Waals surface area contributed by atoms with Gasteiger partial charge in [-0.05, 0) is 0 Å². The first-order valence-corrected chi connectivity index (χ1v) is 6.66. The lowest BCUT2D eigenvalue weighted by Crippen LogP contribution is -2.20. The molecule has 1 saturated heterocycles. The Morgan fingerprint density at radius 1 is 0.600 bits per heavy atom. The van der Waals surface area contributed by atoms with Gasteiger partial charge in [0.15, 0.2) is 6.61 Å². The molecule has 1 fully saturated rings. The van der Waals surface area contributed by atoms with Crippen LogP contribution in [0.1, 0.15) is 0 Å². The van der Waals surface area contributed by atoms with Crippen molar-refractivity contribution in [1.29, 1.82) is 0 Å². The van der Waals surface area contributed by atoms with Gasteiger partial charge in [0, 0.05) is 0 Å². The molecule has 8 nitrogen and oxygen atoms in total. The largest absolute Gasteiger partial charge is 0.475 e. The molecule has 0 bridgehead atoms. The molecule has 0 aromatic rings. The molecule has 116 valence electrons. The zero-order valence-corrected chi connectivity index (χ0v) is 11.6. The van der Waals surface area contributed by atoms with Crippen LogP contribution in [0.4, 0.5) is 0 Å². The molecular weight excluding hydrogens is 268 g/mol. The molecule has 1 rings (SSSR count). The number of nitrogens with zero attached hydrogens (tertiary/aromatic N) is 2. The number of hydrogen-bond acceptors (Lipinski definition) is 6. The zero-order chi connectivity index (χ0) is 14.3. The molecule has 1 aliphatic heterocycles. The monoisotopic (exact) mass is 290 g/mol. The van der Waals surface area contributed by atoms with E-state index in [1.807, 2.05) is 0 Å². The standard InChI is InChI=1S/C12H22N2O6/c13-14-12-11-19-8-7-17-4-3-15-1-2-16-5-6-18-9-10-20-12/h1-11H2. The fourth-order valence-corrected chi connectivity index (χ4v) is 1.36. The van der Waals surface area contributed by atoms with Crippen molar-refractivity contribution in [3.63, 3.8) is 0 Å². The fourth-order valence-electron chi connectivity index (χ4n) is 1.36. The second-order valence-electron chi connectivity index (χ2n) is 3.84. The van der Waals surface area contributed by atoms with Crippen LogP contribution < -0.4 is 0 Å². The van der Waals surface area contributed by atoms with Crippen LogP contribution in [-0.2, 0) is 28.4 Å². The van der Waals surface area contributed by atoms with Crippen molar-refractivity contribution in [2.24, 2.45) is 0 Å². The first-order valence-electron chi connectivity index (χ1n) is 6.66. The van der Waals surface area contributed by atoms with E-state index < -0.39 is 0 Å². The van der Waals surface area contributed by atoms with Gasteiger partial charge >= 0.3 is 5.90 Å². The van der Waals surface area contributed by atoms with E-state index in [0.717, 1.165) is 0 Å². The molecule has 0 N–H and O–H groups in total. The van der Waals surface area contributed by atoms with Crippen molar-refractivity contribution in [2.45, 2.75) is 0 Å². The molecule has 1 aliphatic rings. The number of ether oxygens (including phenoxy) is 6. The van der Waals surface area contributed by atoms with Crippen LogP contribution in [0.3, 0.4) is 0 Å². The van der Waals surface area contributed by atoms with Crippen LogP contribution in [0.2, 0.25) is 0 Å². The van der Waals surface area contributed by atoms with Gasteiger partial charge in [-0.2, -0.15) is 0 Å². The minimum absolute atomic E-state index is 0.0967. The molecule has 0 aromatic carbocycles. The fraction of sp³-hybridized carbons (Fsp3) is 0.917. The Morgan fingerprint density at radius 3 is 1.45 bits per heavy atom. The minimum atomic E-state index is 0.0967. The molecule has 0 spiro atoms. The third-order valence-electron chi connectivity index (χ3n) is 2.32. The Kier molecular flexibility index (Phi) is 11.1. The van der Waals surface area contributed by atoms with Gasteiger partial charge in [0.2, 0.25) is 0 Å². The van der Waals surface area contributed by atoms with Gasteiger partial charge in [0.05, 0.1) is 59.5 Å². The quantitative estimate of drug-likeness (QED) is 0.450. The highest BCUT2D eigenvalue weighted by atomic mass is 16.6. The van der Waals surface area contributed by atoms with Gasteiger partial charge in [0.25, 0.3) is 0 Å². The molecule has 8 heteroatoms. The smallest absolute Gasteiger partial charge is 0.432 e. The summed E-state index contributed by atoms with van der Waals surface area (Å²) in [6.07, 6.45) is 0. The molecule has 0 saturated carbocycles. The van der Waals surface area contributed by atoms with E-state index in [1.54, 1.807) is 0 Å². The zero-order valence-electron chi connectivity index (χ0n) is 11.6. The van der Waals surface area contributed by atoms with E-state index in [1.165, 1.54) is 0 Å². The van der Waals surface area contributed by atoms with Crippen LogP contribution in [-0.4, -0.2) is 83.4 Å². The van der Waals surface area contributed by atoms with E-state index in [2.05, 4.69) is 4.79 Å². The van der Waals surface area contributed by atoms with Crippen molar-refractivity contribution >= 4 is 5.90 Å². The van der Waals surface area contributed by atoms with E-state index in [9.17, 15) is 0 Å². The summed E-state index contributed by atoms with van der Waals surface area (Å²) in [6, 6.07) is 0. The maximum Gasteiger partial charge on any atom is 0.475 e. The van der Waals surface area contributed by atoms with E-state index in [0.29, 0.717) is 66.1 Å². The Labute approximate surface area is 118 Å². The molecule has 0 amide bonds. The van der Waals surface area contributed by atoms with Crippen LogP contribution in [0.25, 0.3) is 5.53 Å². The van der Waals surface area contributed by atoms with E-state index >= 15 is 0 Å². The van der Waals surface area contributed by atoms with Crippen LogP contribution in [0.5, 0.6) is 0 Å². The molecule has 1 heterocycles. The minimum Gasteiger partial charge on any atom is -0.432 e. The SMILES string of the molecule is [N-]=[N+]=C1COCCOCCOCCOCCOCCO1. The third kappa shape index (κ3) is 9.85. The van der Waals surface area contributed by atoms with Gasteiger partial charge in [-0.1, -0.05) is 0 Å². The molecule has 0 unspecified atom stereocenters. The summed E-state index contributed by atoms with van der Waals surface area (Å²) in [7, 11) is 0. The summed E-state index contributed by atoms with van der Waals surface area (Å²) in [6.45, 7) is 4.70. The van der Waals surface area contributed by atoms with Gasteiger partial charge in [-0.3, -0.25) is 0 Å². The van der Waals surface area contributed by atoms with Crippen LogP contribution in [0, 0.1) is 0 Å².